The van der Waals surface area contributed by atoms with Crippen molar-refractivity contribution < 1.29 is 18.9 Å². The van der Waals surface area contributed by atoms with Gasteiger partial charge in [-0.05, 0) is 12.5 Å². The highest BCUT2D eigenvalue weighted by Crippen LogP contribution is 2.34. The largest absolute Gasteiger partial charge is 0.487 e. The number of epoxide rings is 2. The van der Waals surface area contributed by atoms with Crippen molar-refractivity contribution in [1.82, 2.24) is 9.97 Å². The maximum atomic E-state index is 5.88. The highest BCUT2D eigenvalue weighted by atomic mass is 16.6. The summed E-state index contributed by atoms with van der Waals surface area (Å²) in [6.07, 6.45) is 2.84. The zero-order valence-corrected chi connectivity index (χ0v) is 12.4. The van der Waals surface area contributed by atoms with Crippen LogP contribution in [0.3, 0.4) is 0 Å². The van der Waals surface area contributed by atoms with E-state index >= 15 is 0 Å². The molecule has 0 radical (unpaired) electrons. The number of hydrogen-bond acceptors (Lipinski definition) is 6. The lowest BCUT2D eigenvalue weighted by atomic mass is 10.1. The summed E-state index contributed by atoms with van der Waals surface area (Å²) in [4.78, 5) is 8.68. The van der Waals surface area contributed by atoms with Crippen LogP contribution in [0, 0.1) is 0 Å². The molecule has 1 aromatic carbocycles. The van der Waals surface area contributed by atoms with E-state index in [0.29, 0.717) is 24.7 Å². The Labute approximate surface area is 128 Å². The van der Waals surface area contributed by atoms with Crippen molar-refractivity contribution >= 4 is 10.9 Å². The molecular formula is C16H18N2O4. The minimum atomic E-state index is 0.201. The van der Waals surface area contributed by atoms with Crippen molar-refractivity contribution in [2.45, 2.75) is 25.6 Å². The van der Waals surface area contributed by atoms with E-state index in [1.54, 1.807) is 6.33 Å². The van der Waals surface area contributed by atoms with Gasteiger partial charge in [-0.1, -0.05) is 6.92 Å². The smallest absolute Gasteiger partial charge is 0.163 e. The Kier molecular flexibility index (Phi) is 3.56. The zero-order chi connectivity index (χ0) is 14.9. The molecule has 2 aromatic rings. The van der Waals surface area contributed by atoms with E-state index < -0.39 is 0 Å². The quantitative estimate of drug-likeness (QED) is 0.726. The molecule has 0 spiro atoms. The van der Waals surface area contributed by atoms with E-state index in [4.69, 9.17) is 18.9 Å². The molecule has 4 rings (SSSR count). The SMILES string of the molecule is CCc1ncnc2cc(OCC3CO3)c(OCC3CO3)cc12. The van der Waals surface area contributed by atoms with Crippen LogP contribution in [0.15, 0.2) is 18.5 Å². The fourth-order valence-electron chi connectivity index (χ4n) is 2.32. The summed E-state index contributed by atoms with van der Waals surface area (Å²) in [7, 11) is 0. The number of ether oxygens (including phenoxy) is 4. The van der Waals surface area contributed by atoms with E-state index in [2.05, 4.69) is 16.9 Å². The van der Waals surface area contributed by atoms with Crippen LogP contribution < -0.4 is 9.47 Å². The van der Waals surface area contributed by atoms with Crippen molar-refractivity contribution in [2.75, 3.05) is 26.4 Å². The summed E-state index contributed by atoms with van der Waals surface area (Å²) in [5.74, 6) is 1.41. The predicted octanol–water partition coefficient (Wildman–Crippen LogP) is 1.75. The Morgan fingerprint density at radius 2 is 1.68 bits per heavy atom. The lowest BCUT2D eigenvalue weighted by Crippen LogP contribution is -2.09. The van der Waals surface area contributed by atoms with Crippen LogP contribution in [0.1, 0.15) is 12.6 Å². The number of aromatic nitrogens is 2. The normalized spacial score (nSPS) is 22.6. The average Bonchev–Trinajstić information content (AvgIpc) is 3.44. The Balaban J connectivity index is 1.66. The number of hydrogen-bond donors (Lipinski definition) is 0. The standard InChI is InChI=1S/C16H18N2O4/c1-2-13-12-3-15(21-7-10-5-19-10)16(22-8-11-6-20-11)4-14(12)18-9-17-13/h3-4,9-11H,2,5-8H2,1H3. The van der Waals surface area contributed by atoms with Crippen LogP contribution in [0.2, 0.25) is 0 Å². The van der Waals surface area contributed by atoms with Gasteiger partial charge in [-0.2, -0.15) is 0 Å². The first kappa shape index (κ1) is 13.7. The van der Waals surface area contributed by atoms with Gasteiger partial charge in [0.2, 0.25) is 0 Å². The Morgan fingerprint density at radius 1 is 1.05 bits per heavy atom. The third-order valence-corrected chi connectivity index (χ3v) is 3.77. The fraction of sp³-hybridized carbons (Fsp3) is 0.500. The number of benzene rings is 1. The van der Waals surface area contributed by atoms with Gasteiger partial charge in [0.1, 0.15) is 31.7 Å². The van der Waals surface area contributed by atoms with Crippen molar-refractivity contribution in [3.05, 3.63) is 24.2 Å². The maximum absolute atomic E-state index is 5.88. The van der Waals surface area contributed by atoms with Gasteiger partial charge in [-0.25, -0.2) is 9.97 Å². The highest BCUT2D eigenvalue weighted by molar-refractivity contribution is 5.84. The topological polar surface area (TPSA) is 69.3 Å². The van der Waals surface area contributed by atoms with E-state index in [0.717, 1.165) is 36.2 Å². The second-order valence-electron chi connectivity index (χ2n) is 5.52. The fourth-order valence-corrected chi connectivity index (χ4v) is 2.32. The molecule has 6 nitrogen and oxygen atoms in total. The molecule has 0 bridgehead atoms. The molecule has 3 heterocycles. The van der Waals surface area contributed by atoms with Gasteiger partial charge in [-0.15, -0.1) is 0 Å². The summed E-state index contributed by atoms with van der Waals surface area (Å²) < 4.78 is 22.1. The van der Waals surface area contributed by atoms with Crippen LogP contribution in [-0.4, -0.2) is 48.6 Å². The molecule has 0 N–H and O–H groups in total. The summed E-state index contributed by atoms with van der Waals surface area (Å²) >= 11 is 0. The van der Waals surface area contributed by atoms with Gasteiger partial charge in [0, 0.05) is 11.5 Å². The molecule has 2 saturated heterocycles. The Morgan fingerprint density at radius 3 is 2.27 bits per heavy atom. The number of nitrogens with zero attached hydrogens (tertiary/aromatic N) is 2. The molecule has 116 valence electrons. The first-order chi connectivity index (χ1) is 10.8. The van der Waals surface area contributed by atoms with Crippen LogP contribution in [0.25, 0.3) is 10.9 Å². The lowest BCUT2D eigenvalue weighted by Gasteiger charge is -2.13. The van der Waals surface area contributed by atoms with E-state index in [-0.39, 0.29) is 12.2 Å². The summed E-state index contributed by atoms with van der Waals surface area (Å²) in [5.41, 5.74) is 1.88. The predicted molar refractivity (Wildman–Crippen MR) is 79.4 cm³/mol. The molecule has 22 heavy (non-hydrogen) atoms. The van der Waals surface area contributed by atoms with Crippen molar-refractivity contribution in [2.24, 2.45) is 0 Å². The highest BCUT2D eigenvalue weighted by Gasteiger charge is 2.26. The van der Waals surface area contributed by atoms with Gasteiger partial charge in [0.15, 0.2) is 11.5 Å². The van der Waals surface area contributed by atoms with Gasteiger partial charge in [0.25, 0.3) is 0 Å². The second-order valence-corrected chi connectivity index (χ2v) is 5.52. The molecule has 2 atom stereocenters. The van der Waals surface area contributed by atoms with Crippen molar-refractivity contribution in [1.29, 1.82) is 0 Å². The van der Waals surface area contributed by atoms with Crippen molar-refractivity contribution in [3.8, 4) is 11.5 Å². The van der Waals surface area contributed by atoms with Crippen LogP contribution >= 0.6 is 0 Å². The van der Waals surface area contributed by atoms with Gasteiger partial charge in [0.05, 0.1) is 24.4 Å². The minimum Gasteiger partial charge on any atom is -0.487 e. The molecule has 0 aliphatic carbocycles. The van der Waals surface area contributed by atoms with Crippen molar-refractivity contribution in [3.63, 3.8) is 0 Å². The van der Waals surface area contributed by atoms with Gasteiger partial charge < -0.3 is 18.9 Å². The maximum Gasteiger partial charge on any atom is 0.163 e. The molecule has 2 unspecified atom stereocenters. The van der Waals surface area contributed by atoms with Crippen LogP contribution in [-0.2, 0) is 15.9 Å². The third kappa shape index (κ3) is 2.98. The van der Waals surface area contributed by atoms with E-state index in [9.17, 15) is 0 Å². The number of aryl methyl sites for hydroxylation is 1. The molecule has 2 aliphatic heterocycles. The monoisotopic (exact) mass is 302 g/mol. The molecule has 0 saturated carbocycles. The number of fused-ring (bicyclic) bond motifs is 1. The summed E-state index contributed by atoms with van der Waals surface area (Å²) in [6.45, 7) is 4.69. The average molecular weight is 302 g/mol. The van der Waals surface area contributed by atoms with E-state index in [1.165, 1.54) is 0 Å². The molecule has 2 fully saturated rings. The first-order valence-corrected chi connectivity index (χ1v) is 7.60. The number of rotatable bonds is 7. The third-order valence-electron chi connectivity index (χ3n) is 3.77. The molecule has 0 amide bonds. The van der Waals surface area contributed by atoms with E-state index in [1.807, 2.05) is 12.1 Å². The molecule has 1 aromatic heterocycles. The van der Waals surface area contributed by atoms with Gasteiger partial charge >= 0.3 is 0 Å². The summed E-state index contributed by atoms with van der Waals surface area (Å²) in [6, 6.07) is 3.89. The van der Waals surface area contributed by atoms with Crippen LogP contribution in [0.4, 0.5) is 0 Å². The molecule has 6 heteroatoms. The Hall–Kier alpha value is -1.92. The first-order valence-electron chi connectivity index (χ1n) is 7.60. The zero-order valence-electron chi connectivity index (χ0n) is 12.4. The van der Waals surface area contributed by atoms with Gasteiger partial charge in [-0.3, -0.25) is 0 Å². The summed E-state index contributed by atoms with van der Waals surface area (Å²) in [5, 5.41) is 1.01. The lowest BCUT2D eigenvalue weighted by molar-refractivity contribution is 0.228. The molecule has 2 aliphatic rings. The minimum absolute atomic E-state index is 0.201. The Bertz CT molecular complexity index is 683. The van der Waals surface area contributed by atoms with Crippen LogP contribution in [0.5, 0.6) is 11.5 Å². The molecular weight excluding hydrogens is 284 g/mol. The second kappa shape index (κ2) is 5.70.